The molecule has 0 saturated carbocycles. The number of nitrogens with zero attached hydrogens (tertiary/aromatic N) is 2. The average Bonchev–Trinajstić information content (AvgIpc) is 2.62. The van der Waals surface area contributed by atoms with E-state index in [1.165, 1.54) is 12.5 Å². The fraction of sp³-hybridized carbons (Fsp3) is 0.619. The van der Waals surface area contributed by atoms with Crippen molar-refractivity contribution < 1.29 is 14.3 Å². The van der Waals surface area contributed by atoms with E-state index in [1.807, 2.05) is 24.3 Å². The second kappa shape index (κ2) is 9.85. The summed E-state index contributed by atoms with van der Waals surface area (Å²) in [5, 5.41) is 2.95. The maximum atomic E-state index is 12.1. The molecular weight excluding hydrogens is 342 g/mol. The molecule has 1 aromatic carbocycles. The van der Waals surface area contributed by atoms with Crippen molar-refractivity contribution in [3.63, 3.8) is 0 Å². The molecule has 1 N–H and O–H groups in total. The van der Waals surface area contributed by atoms with Gasteiger partial charge in [0.05, 0.1) is 13.2 Å². The minimum atomic E-state index is -0.0559. The molecule has 0 bridgehead atoms. The molecule has 6 heteroatoms. The van der Waals surface area contributed by atoms with E-state index in [0.717, 1.165) is 38.5 Å². The van der Waals surface area contributed by atoms with Crippen LogP contribution in [0.3, 0.4) is 0 Å². The molecule has 1 aromatic rings. The summed E-state index contributed by atoms with van der Waals surface area (Å²) in [5.74, 6) is -0.0829. The predicted octanol–water partition coefficient (Wildman–Crippen LogP) is 2.18. The summed E-state index contributed by atoms with van der Waals surface area (Å²) in [6, 6.07) is 8.01. The summed E-state index contributed by atoms with van der Waals surface area (Å²) < 4.78 is 5.32. The van der Waals surface area contributed by atoms with Crippen LogP contribution in [-0.4, -0.2) is 62.7 Å². The number of amides is 2. The van der Waals surface area contributed by atoms with E-state index in [4.69, 9.17) is 4.74 Å². The number of carbonyl (C=O) groups is 2. The molecule has 2 amide bonds. The van der Waals surface area contributed by atoms with Gasteiger partial charge in [-0.25, -0.2) is 0 Å². The second-order valence-corrected chi connectivity index (χ2v) is 8.02. The van der Waals surface area contributed by atoms with Crippen LogP contribution in [0.2, 0.25) is 0 Å². The summed E-state index contributed by atoms with van der Waals surface area (Å²) in [7, 11) is 0. The normalized spacial score (nSPS) is 15.4. The fourth-order valence-corrected chi connectivity index (χ4v) is 3.09. The molecule has 1 saturated heterocycles. The van der Waals surface area contributed by atoms with Crippen LogP contribution in [0.25, 0.3) is 0 Å². The lowest BCUT2D eigenvalue weighted by molar-refractivity contribution is -0.121. The van der Waals surface area contributed by atoms with Crippen LogP contribution in [0.5, 0.6) is 0 Å². The monoisotopic (exact) mass is 375 g/mol. The van der Waals surface area contributed by atoms with Gasteiger partial charge in [0.2, 0.25) is 11.8 Å². The molecule has 0 radical (unpaired) electrons. The highest BCUT2D eigenvalue weighted by molar-refractivity contribution is 5.92. The molecule has 6 nitrogen and oxygen atoms in total. The third-order valence-corrected chi connectivity index (χ3v) is 4.84. The van der Waals surface area contributed by atoms with Gasteiger partial charge in [0.1, 0.15) is 0 Å². The minimum absolute atomic E-state index is 0.0270. The Hall–Kier alpha value is -1.92. The Bertz CT molecular complexity index is 617. The number of nitrogens with one attached hydrogen (secondary N) is 1. The topological polar surface area (TPSA) is 61.9 Å². The van der Waals surface area contributed by atoms with Crippen LogP contribution in [0.1, 0.15) is 39.7 Å². The van der Waals surface area contributed by atoms with Crippen LogP contribution in [-0.2, 0) is 19.7 Å². The Morgan fingerprint density at radius 3 is 2.33 bits per heavy atom. The highest BCUT2D eigenvalue weighted by Gasteiger charge is 2.17. The Balaban J connectivity index is 1.81. The molecule has 0 aliphatic carbocycles. The van der Waals surface area contributed by atoms with Gasteiger partial charge in [-0.1, -0.05) is 32.9 Å². The first-order valence-electron chi connectivity index (χ1n) is 9.73. The van der Waals surface area contributed by atoms with Gasteiger partial charge in [0, 0.05) is 51.8 Å². The number of ether oxygens (including phenoxy) is 1. The molecule has 27 heavy (non-hydrogen) atoms. The van der Waals surface area contributed by atoms with Crippen molar-refractivity contribution in [2.24, 2.45) is 0 Å². The molecule has 150 valence electrons. The van der Waals surface area contributed by atoms with Crippen LogP contribution < -0.4 is 10.2 Å². The third-order valence-electron chi connectivity index (χ3n) is 4.84. The maximum Gasteiger partial charge on any atom is 0.223 e. The number of morpholine rings is 1. The van der Waals surface area contributed by atoms with Gasteiger partial charge in [-0.2, -0.15) is 0 Å². The van der Waals surface area contributed by atoms with E-state index in [1.54, 1.807) is 4.90 Å². The van der Waals surface area contributed by atoms with Crippen LogP contribution in [0.4, 0.5) is 5.69 Å². The van der Waals surface area contributed by atoms with Crippen molar-refractivity contribution >= 4 is 17.5 Å². The van der Waals surface area contributed by atoms with E-state index in [0.29, 0.717) is 19.5 Å². The van der Waals surface area contributed by atoms with Gasteiger partial charge in [-0.15, -0.1) is 0 Å². The zero-order chi connectivity index (χ0) is 19.9. The quantitative estimate of drug-likeness (QED) is 0.793. The first-order valence-corrected chi connectivity index (χ1v) is 9.73. The molecular formula is C21H33N3O3. The molecule has 2 rings (SSSR count). The standard InChI is InChI=1S/C21H33N3O3/c1-17(25)24(19-7-5-18(6-8-19)21(2,3)4)11-9-20(26)22-10-12-23-13-15-27-16-14-23/h5-8H,9-16H2,1-4H3,(H,22,26). The summed E-state index contributed by atoms with van der Waals surface area (Å²) in [5.41, 5.74) is 2.12. The third kappa shape index (κ3) is 6.96. The lowest BCUT2D eigenvalue weighted by Gasteiger charge is -2.26. The molecule has 1 aliphatic rings. The smallest absolute Gasteiger partial charge is 0.223 e. The van der Waals surface area contributed by atoms with Gasteiger partial charge in [0.25, 0.3) is 0 Å². The largest absolute Gasteiger partial charge is 0.379 e. The van der Waals surface area contributed by atoms with Gasteiger partial charge < -0.3 is 15.0 Å². The first kappa shape index (κ1) is 21.4. The molecule has 1 aliphatic heterocycles. The number of anilines is 1. The Morgan fingerprint density at radius 1 is 1.15 bits per heavy atom. The summed E-state index contributed by atoms with van der Waals surface area (Å²) in [6.07, 6.45) is 0.295. The van der Waals surface area contributed by atoms with Crippen LogP contribution in [0, 0.1) is 0 Å². The van der Waals surface area contributed by atoms with E-state index in [2.05, 4.69) is 31.0 Å². The number of benzene rings is 1. The summed E-state index contributed by atoms with van der Waals surface area (Å²) in [4.78, 5) is 28.1. The Kier molecular flexibility index (Phi) is 7.80. The summed E-state index contributed by atoms with van der Waals surface area (Å²) in [6.45, 7) is 13.2. The van der Waals surface area contributed by atoms with Crippen molar-refractivity contribution in [1.29, 1.82) is 0 Å². The predicted molar refractivity (Wildman–Crippen MR) is 108 cm³/mol. The number of hydrogen-bond acceptors (Lipinski definition) is 4. The van der Waals surface area contributed by atoms with Gasteiger partial charge >= 0.3 is 0 Å². The van der Waals surface area contributed by atoms with Crippen molar-refractivity contribution in [3.05, 3.63) is 29.8 Å². The highest BCUT2D eigenvalue weighted by atomic mass is 16.5. The van der Waals surface area contributed by atoms with E-state index >= 15 is 0 Å². The molecule has 1 fully saturated rings. The maximum absolute atomic E-state index is 12.1. The SMILES string of the molecule is CC(=O)N(CCC(=O)NCCN1CCOCC1)c1ccc(C(C)(C)C)cc1. The molecule has 0 unspecified atom stereocenters. The van der Waals surface area contributed by atoms with Crippen molar-refractivity contribution in [2.45, 2.75) is 39.5 Å². The van der Waals surface area contributed by atoms with E-state index in [9.17, 15) is 9.59 Å². The van der Waals surface area contributed by atoms with Crippen LogP contribution >= 0.6 is 0 Å². The number of rotatable bonds is 7. The number of carbonyl (C=O) groups excluding carboxylic acids is 2. The zero-order valence-electron chi connectivity index (χ0n) is 17.1. The van der Waals surface area contributed by atoms with Crippen LogP contribution in [0.15, 0.2) is 24.3 Å². The number of hydrogen-bond donors (Lipinski definition) is 1. The molecule has 0 spiro atoms. The fourth-order valence-electron chi connectivity index (χ4n) is 3.09. The van der Waals surface area contributed by atoms with E-state index < -0.39 is 0 Å². The van der Waals surface area contributed by atoms with Crippen molar-refractivity contribution in [2.75, 3.05) is 50.8 Å². The zero-order valence-corrected chi connectivity index (χ0v) is 17.1. The van der Waals surface area contributed by atoms with Gasteiger partial charge in [-0.05, 0) is 23.1 Å². The summed E-state index contributed by atoms with van der Waals surface area (Å²) >= 11 is 0. The lowest BCUT2D eigenvalue weighted by Crippen LogP contribution is -2.42. The van der Waals surface area contributed by atoms with Crippen molar-refractivity contribution in [1.82, 2.24) is 10.2 Å². The average molecular weight is 376 g/mol. The van der Waals surface area contributed by atoms with Gasteiger partial charge in [-0.3, -0.25) is 14.5 Å². The Morgan fingerprint density at radius 2 is 1.78 bits per heavy atom. The highest BCUT2D eigenvalue weighted by Crippen LogP contribution is 2.25. The Labute approximate surface area is 162 Å². The lowest BCUT2D eigenvalue weighted by atomic mass is 9.87. The second-order valence-electron chi connectivity index (χ2n) is 8.02. The minimum Gasteiger partial charge on any atom is -0.379 e. The van der Waals surface area contributed by atoms with Crippen molar-refractivity contribution in [3.8, 4) is 0 Å². The first-order chi connectivity index (χ1) is 12.8. The molecule has 0 aromatic heterocycles. The molecule has 0 atom stereocenters. The molecule has 1 heterocycles. The van der Waals surface area contributed by atoms with E-state index in [-0.39, 0.29) is 17.2 Å². The van der Waals surface area contributed by atoms with Gasteiger partial charge in [0.15, 0.2) is 0 Å².